The van der Waals surface area contributed by atoms with Crippen LogP contribution in [0.4, 0.5) is 0 Å². The van der Waals surface area contributed by atoms with Crippen LogP contribution in [0.2, 0.25) is 0 Å². The summed E-state index contributed by atoms with van der Waals surface area (Å²) in [7, 11) is 0. The van der Waals surface area contributed by atoms with E-state index >= 15 is 0 Å². The number of aliphatic hydroxyl groups excluding tert-OH is 2. The molecule has 5 rings (SSSR count). The molecule has 2 bridgehead atoms. The molecule has 2 saturated heterocycles. The van der Waals surface area contributed by atoms with Crippen LogP contribution in [0.5, 0.6) is 0 Å². The molecule has 10 atom stereocenters. The number of carbonyl (C=O) groups is 3. The Bertz CT molecular complexity index is 896. The highest BCUT2D eigenvalue weighted by atomic mass is 16.6. The van der Waals surface area contributed by atoms with E-state index in [9.17, 15) is 34.8 Å². The van der Waals surface area contributed by atoms with Crippen LogP contribution in [0.1, 0.15) is 27.2 Å². The van der Waals surface area contributed by atoms with Crippen LogP contribution in [0.15, 0.2) is 11.6 Å². The van der Waals surface area contributed by atoms with E-state index in [2.05, 4.69) is 0 Å². The van der Waals surface area contributed by atoms with Crippen molar-refractivity contribution < 1.29 is 44.3 Å². The van der Waals surface area contributed by atoms with Gasteiger partial charge in [-0.05, 0) is 25.3 Å². The Morgan fingerprint density at radius 1 is 1.14 bits per heavy atom. The number of carbonyl (C=O) groups excluding carboxylic acids is 3. The van der Waals surface area contributed by atoms with Gasteiger partial charge in [-0.3, -0.25) is 4.79 Å². The van der Waals surface area contributed by atoms with Crippen molar-refractivity contribution in [3.8, 4) is 0 Å². The number of cyclic esters (lactones) is 1. The lowest BCUT2D eigenvalue weighted by Gasteiger charge is -2.65. The Kier molecular flexibility index (Phi) is 3.36. The maximum Gasteiger partial charge on any atom is 0.338 e. The van der Waals surface area contributed by atoms with Gasteiger partial charge in [-0.2, -0.15) is 0 Å². The highest BCUT2D eigenvalue weighted by Crippen LogP contribution is 2.75. The molecule has 0 aromatic carbocycles. The van der Waals surface area contributed by atoms with E-state index in [-0.39, 0.29) is 6.42 Å². The largest absolute Gasteiger partial charge is 0.463 e. The van der Waals surface area contributed by atoms with E-state index in [0.717, 1.165) is 0 Å². The van der Waals surface area contributed by atoms with Crippen molar-refractivity contribution in [3.05, 3.63) is 11.6 Å². The number of rotatable bonds is 0. The summed E-state index contributed by atoms with van der Waals surface area (Å²) < 4.78 is 10.8. The first kappa shape index (κ1) is 19.2. The van der Waals surface area contributed by atoms with Gasteiger partial charge in [-0.1, -0.05) is 19.4 Å². The number of esters is 2. The summed E-state index contributed by atoms with van der Waals surface area (Å²) in [5.74, 6) is -5.57. The maximum atomic E-state index is 12.9. The van der Waals surface area contributed by atoms with Crippen LogP contribution in [-0.4, -0.2) is 74.3 Å². The van der Waals surface area contributed by atoms with Gasteiger partial charge in [0, 0.05) is 17.3 Å². The molecule has 5 aliphatic rings. The molecule has 2 saturated carbocycles. The molecule has 9 heteroatoms. The van der Waals surface area contributed by atoms with E-state index in [1.54, 1.807) is 13.8 Å². The predicted octanol–water partition coefficient (Wildman–Crippen LogP) is -1.54. The molecular weight excluding hydrogens is 384 g/mol. The van der Waals surface area contributed by atoms with Gasteiger partial charge in [0.05, 0.1) is 5.41 Å². The Hall–Kier alpha value is -1.81. The summed E-state index contributed by atoms with van der Waals surface area (Å²) in [6, 6.07) is 0. The van der Waals surface area contributed by atoms with Gasteiger partial charge < -0.3 is 29.9 Å². The first-order valence-corrected chi connectivity index (χ1v) is 9.80. The average Bonchev–Trinajstić information content (AvgIpc) is 2.79. The van der Waals surface area contributed by atoms with Crippen LogP contribution in [-0.2, 0) is 23.9 Å². The molecular formula is C20H24O9. The molecule has 2 heterocycles. The number of fused-ring (bicyclic) bond motifs is 1. The minimum atomic E-state index is -2.33. The molecule has 9 nitrogen and oxygen atoms in total. The van der Waals surface area contributed by atoms with Gasteiger partial charge in [-0.15, -0.1) is 0 Å². The zero-order valence-corrected chi connectivity index (χ0v) is 16.3. The normalized spacial score (nSPS) is 58.0. The van der Waals surface area contributed by atoms with E-state index in [4.69, 9.17) is 9.47 Å². The highest BCUT2D eigenvalue weighted by molar-refractivity contribution is 5.96. The lowest BCUT2D eigenvalue weighted by molar-refractivity contribution is -0.306. The molecule has 0 unspecified atom stereocenters. The van der Waals surface area contributed by atoms with Crippen molar-refractivity contribution in [2.24, 2.45) is 28.6 Å². The number of allylic oxidation sites excluding steroid dienone is 1. The van der Waals surface area contributed by atoms with Crippen molar-refractivity contribution in [2.45, 2.75) is 56.7 Å². The molecule has 0 radical (unpaired) electrons. The third-order valence-electron chi connectivity index (χ3n) is 8.86. The van der Waals surface area contributed by atoms with E-state index in [0.29, 0.717) is 5.57 Å². The summed E-state index contributed by atoms with van der Waals surface area (Å²) >= 11 is 0. The molecule has 3 aliphatic carbocycles. The monoisotopic (exact) mass is 408 g/mol. The molecule has 0 aromatic rings. The predicted molar refractivity (Wildman–Crippen MR) is 92.8 cm³/mol. The fraction of sp³-hybridized carbons (Fsp3) is 0.750. The Labute approximate surface area is 166 Å². The smallest absolute Gasteiger partial charge is 0.338 e. The topological polar surface area (TPSA) is 151 Å². The van der Waals surface area contributed by atoms with E-state index in [1.807, 2.05) is 0 Å². The first-order valence-electron chi connectivity index (χ1n) is 9.80. The Morgan fingerprint density at radius 2 is 1.79 bits per heavy atom. The second kappa shape index (κ2) is 5.08. The molecule has 158 valence electrons. The van der Waals surface area contributed by atoms with Crippen molar-refractivity contribution in [2.75, 3.05) is 6.61 Å². The summed E-state index contributed by atoms with van der Waals surface area (Å²) in [5, 5.41) is 45.1. The molecule has 29 heavy (non-hydrogen) atoms. The SMILES string of the molecule is CC1=CC(=O)[C@@H](O)[C@@]2(C)[C@@H]1C[C@H]1OC(=O)[C@H](O)[C@@]3(O)[C@@H](C)[C@]4(O)C(=O)OC[C@]13[C@H]42. The Morgan fingerprint density at radius 3 is 2.45 bits per heavy atom. The third-order valence-corrected chi connectivity index (χ3v) is 8.86. The molecule has 0 amide bonds. The highest BCUT2D eigenvalue weighted by Gasteiger charge is 2.90. The number of ether oxygens (including phenoxy) is 2. The molecule has 1 spiro atoms. The minimum Gasteiger partial charge on any atom is -0.463 e. The van der Waals surface area contributed by atoms with Gasteiger partial charge in [0.25, 0.3) is 0 Å². The summed E-state index contributed by atoms with van der Waals surface area (Å²) in [6.45, 7) is 4.31. The quantitative estimate of drug-likeness (QED) is 0.350. The maximum absolute atomic E-state index is 12.9. The zero-order valence-electron chi connectivity index (χ0n) is 16.3. The lowest BCUT2D eigenvalue weighted by atomic mass is 9.42. The van der Waals surface area contributed by atoms with Gasteiger partial charge in [0.2, 0.25) is 0 Å². The van der Waals surface area contributed by atoms with Crippen LogP contribution >= 0.6 is 0 Å². The van der Waals surface area contributed by atoms with Gasteiger partial charge >= 0.3 is 11.9 Å². The Balaban J connectivity index is 1.87. The van der Waals surface area contributed by atoms with Gasteiger partial charge in [0.15, 0.2) is 17.5 Å². The van der Waals surface area contributed by atoms with E-state index < -0.39 is 82.4 Å². The molecule has 4 N–H and O–H groups in total. The fourth-order valence-electron chi connectivity index (χ4n) is 7.62. The number of ketones is 1. The van der Waals surface area contributed by atoms with Crippen LogP contribution in [0.25, 0.3) is 0 Å². The molecule has 4 fully saturated rings. The van der Waals surface area contributed by atoms with Crippen molar-refractivity contribution in [3.63, 3.8) is 0 Å². The zero-order chi connectivity index (χ0) is 21.3. The van der Waals surface area contributed by atoms with Gasteiger partial charge in [0.1, 0.15) is 24.4 Å². The van der Waals surface area contributed by atoms with Gasteiger partial charge in [-0.25, -0.2) is 9.59 Å². The summed E-state index contributed by atoms with van der Waals surface area (Å²) in [4.78, 5) is 37.9. The third kappa shape index (κ3) is 1.62. The van der Waals surface area contributed by atoms with Crippen molar-refractivity contribution in [1.29, 1.82) is 0 Å². The second-order valence-corrected chi connectivity index (χ2v) is 9.60. The standard InChI is InChI=1S/C20H24O9/c1-7-4-10(21)12(22)17(3)9(7)5-11-18-6-28-16(25)19(26,15(17)18)8(2)20(18,27)13(23)14(24)29-11/h4,8-9,11-13,15,22-23,26-27H,5-6H2,1-3H3/t8-,9+,11+,12+,13-,15+,17+,18+,19+,20-/m0/s1. The number of hydrogen-bond donors (Lipinski definition) is 4. The number of hydrogen-bond acceptors (Lipinski definition) is 9. The number of aliphatic hydroxyl groups is 4. The van der Waals surface area contributed by atoms with Crippen LogP contribution < -0.4 is 0 Å². The summed E-state index contributed by atoms with van der Waals surface area (Å²) in [5.41, 5.74) is -6.83. The van der Waals surface area contributed by atoms with E-state index in [1.165, 1.54) is 13.0 Å². The lowest BCUT2D eigenvalue weighted by Crippen LogP contribution is -2.77. The van der Waals surface area contributed by atoms with Crippen LogP contribution in [0.3, 0.4) is 0 Å². The minimum absolute atomic E-state index is 0.154. The second-order valence-electron chi connectivity index (χ2n) is 9.60. The van der Waals surface area contributed by atoms with Crippen molar-refractivity contribution in [1.82, 2.24) is 0 Å². The summed E-state index contributed by atoms with van der Waals surface area (Å²) in [6.07, 6.45) is -3.04. The molecule has 2 aliphatic heterocycles. The molecule has 0 aromatic heterocycles. The first-order chi connectivity index (χ1) is 13.4. The van der Waals surface area contributed by atoms with Crippen LogP contribution in [0, 0.1) is 28.6 Å². The van der Waals surface area contributed by atoms with Crippen molar-refractivity contribution >= 4 is 17.7 Å². The fourth-order valence-corrected chi connectivity index (χ4v) is 7.62. The average molecular weight is 408 g/mol.